The molecule has 4 atom stereocenters. The van der Waals surface area contributed by atoms with E-state index in [-0.39, 0.29) is 30.7 Å². The van der Waals surface area contributed by atoms with Crippen molar-refractivity contribution in [1.29, 1.82) is 0 Å². The van der Waals surface area contributed by atoms with E-state index < -0.39 is 77.9 Å². The third-order valence-electron chi connectivity index (χ3n) is 7.82. The van der Waals surface area contributed by atoms with Gasteiger partial charge in [-0.3, -0.25) is 24.0 Å². The van der Waals surface area contributed by atoms with E-state index in [2.05, 4.69) is 21.3 Å². The zero-order chi connectivity index (χ0) is 34.5. The smallest absolute Gasteiger partial charge is 0.326 e. The van der Waals surface area contributed by atoms with Crippen LogP contribution < -0.4 is 21.3 Å². The number of carbonyl (C=O) groups excluding carboxylic acids is 5. The minimum absolute atomic E-state index is 0.0717. The number of hydrogen-bond acceptors (Lipinski definition) is 7. The van der Waals surface area contributed by atoms with E-state index in [1.54, 1.807) is 39.5 Å². The summed E-state index contributed by atoms with van der Waals surface area (Å²) in [4.78, 5) is 91.1. The first-order chi connectivity index (χ1) is 20.9. The predicted octanol–water partition coefficient (Wildman–Crippen LogP) is 2.05. The predicted molar refractivity (Wildman–Crippen MR) is 166 cm³/mol. The number of carbonyl (C=O) groups is 7. The molecule has 1 aliphatic rings. The van der Waals surface area contributed by atoms with Crippen molar-refractivity contribution >= 4 is 41.5 Å². The first kappa shape index (κ1) is 39.3. The minimum Gasteiger partial charge on any atom is -0.481 e. The summed E-state index contributed by atoms with van der Waals surface area (Å²) in [6, 6.07) is -4.65. The highest BCUT2D eigenvalue weighted by Gasteiger charge is 2.38. The van der Waals surface area contributed by atoms with Gasteiger partial charge in [0.05, 0.1) is 18.4 Å². The first-order valence-corrected chi connectivity index (χ1v) is 15.8. The fourth-order valence-corrected chi connectivity index (χ4v) is 5.19. The molecule has 0 aromatic rings. The molecule has 45 heavy (non-hydrogen) atoms. The standard InChI is InChI=1S/C31H53N5O9/c1-8-20(9-2)32-30(45)35-26(31(5,6)7)23(37)15-19(16-24(38)36-12-10-11-13-36)27(41)33-21(17-25(39)40)28(42)34-22(29(43)44)14-18(3)4/h18-22,26H,8-17H2,1-7H3,(H,33,41)(H,34,42)(H,39,40)(H,43,44)(H2,32,35,45)/t19-,21+,22+,26-/m1/s1. The summed E-state index contributed by atoms with van der Waals surface area (Å²) in [6.07, 6.45) is 1.35. The Kier molecular flexibility index (Phi) is 16.0. The number of ketones is 1. The molecule has 0 spiro atoms. The Morgan fingerprint density at radius 1 is 0.756 bits per heavy atom. The van der Waals surface area contributed by atoms with Gasteiger partial charge >= 0.3 is 18.0 Å². The van der Waals surface area contributed by atoms with Crippen LogP contribution in [0, 0.1) is 17.3 Å². The van der Waals surface area contributed by atoms with Crippen molar-refractivity contribution in [1.82, 2.24) is 26.2 Å². The van der Waals surface area contributed by atoms with Gasteiger partial charge in [-0.15, -0.1) is 0 Å². The maximum absolute atomic E-state index is 13.7. The molecular formula is C31H53N5O9. The second-order valence-electron chi connectivity index (χ2n) is 13.3. The van der Waals surface area contributed by atoms with Crippen LogP contribution in [0.1, 0.15) is 99.8 Å². The Hall–Kier alpha value is -3.71. The second-order valence-corrected chi connectivity index (χ2v) is 13.3. The second kappa shape index (κ2) is 18.3. The molecule has 0 saturated carbocycles. The van der Waals surface area contributed by atoms with Gasteiger partial charge in [-0.2, -0.15) is 0 Å². The van der Waals surface area contributed by atoms with Crippen LogP contribution in [0.3, 0.4) is 0 Å². The topological polar surface area (TPSA) is 211 Å². The van der Waals surface area contributed by atoms with Crippen molar-refractivity contribution < 1.29 is 43.8 Å². The van der Waals surface area contributed by atoms with Crippen molar-refractivity contribution in [3.05, 3.63) is 0 Å². The number of carboxylic acid groups (broad SMARTS) is 2. The van der Waals surface area contributed by atoms with Crippen LogP contribution in [0.4, 0.5) is 4.79 Å². The van der Waals surface area contributed by atoms with Crippen LogP contribution in [0.15, 0.2) is 0 Å². The maximum Gasteiger partial charge on any atom is 0.326 e. The number of carboxylic acids is 2. The van der Waals surface area contributed by atoms with E-state index in [9.17, 15) is 43.8 Å². The SMILES string of the molecule is CCC(CC)NC(=O)N[C@H](C(=O)C[C@H](CC(=O)N1CCCC1)C(=O)N[C@@H](CC(=O)O)C(=O)N[C@@H](CC(C)C)C(=O)O)C(C)(C)C. The molecule has 1 fully saturated rings. The zero-order valence-corrected chi connectivity index (χ0v) is 27.7. The Bertz CT molecular complexity index is 1060. The van der Waals surface area contributed by atoms with Gasteiger partial charge in [-0.05, 0) is 43.4 Å². The van der Waals surface area contributed by atoms with Gasteiger partial charge in [0.1, 0.15) is 12.1 Å². The summed E-state index contributed by atoms with van der Waals surface area (Å²) in [6.45, 7) is 13.6. The highest BCUT2D eigenvalue weighted by atomic mass is 16.4. The van der Waals surface area contributed by atoms with Gasteiger partial charge in [-0.1, -0.05) is 48.5 Å². The largest absolute Gasteiger partial charge is 0.481 e. The van der Waals surface area contributed by atoms with E-state index in [0.29, 0.717) is 25.9 Å². The van der Waals surface area contributed by atoms with E-state index in [0.717, 1.165) is 12.8 Å². The van der Waals surface area contributed by atoms with Crippen molar-refractivity contribution in [2.45, 2.75) is 124 Å². The number of Topliss-reactive ketones (excluding diaryl/α,β-unsaturated/α-hetero) is 1. The number of hydrogen-bond donors (Lipinski definition) is 6. The highest BCUT2D eigenvalue weighted by molar-refractivity contribution is 5.97. The number of likely N-dealkylation sites (tertiary alicyclic amines) is 1. The summed E-state index contributed by atoms with van der Waals surface area (Å²) >= 11 is 0. The van der Waals surface area contributed by atoms with Crippen molar-refractivity contribution in [2.24, 2.45) is 17.3 Å². The van der Waals surface area contributed by atoms with Gasteiger partial charge in [-0.25, -0.2) is 9.59 Å². The Labute approximate surface area is 265 Å². The summed E-state index contributed by atoms with van der Waals surface area (Å²) < 4.78 is 0. The molecule has 0 radical (unpaired) electrons. The molecule has 14 heteroatoms. The minimum atomic E-state index is -1.66. The van der Waals surface area contributed by atoms with Crippen LogP contribution in [0.2, 0.25) is 0 Å². The maximum atomic E-state index is 13.7. The number of nitrogens with one attached hydrogen (secondary N) is 4. The van der Waals surface area contributed by atoms with E-state index in [4.69, 9.17) is 0 Å². The highest BCUT2D eigenvalue weighted by Crippen LogP contribution is 2.25. The molecule has 6 N–H and O–H groups in total. The lowest BCUT2D eigenvalue weighted by Crippen LogP contribution is -2.55. The van der Waals surface area contributed by atoms with Crippen LogP contribution >= 0.6 is 0 Å². The number of nitrogens with zero attached hydrogens (tertiary/aromatic N) is 1. The molecule has 1 saturated heterocycles. The summed E-state index contributed by atoms with van der Waals surface area (Å²) in [5.74, 6) is -6.92. The van der Waals surface area contributed by atoms with E-state index >= 15 is 0 Å². The Morgan fingerprint density at radius 3 is 1.78 bits per heavy atom. The molecule has 14 nitrogen and oxygen atoms in total. The van der Waals surface area contributed by atoms with Crippen molar-refractivity contribution in [3.8, 4) is 0 Å². The van der Waals surface area contributed by atoms with E-state index in [1.165, 1.54) is 0 Å². The fraction of sp³-hybridized carbons (Fsp3) is 0.774. The Morgan fingerprint density at radius 2 is 1.31 bits per heavy atom. The van der Waals surface area contributed by atoms with Gasteiger partial charge in [0.2, 0.25) is 17.7 Å². The quantitative estimate of drug-likeness (QED) is 0.129. The van der Waals surface area contributed by atoms with Crippen LogP contribution in [-0.4, -0.2) is 93.8 Å². The van der Waals surface area contributed by atoms with Gasteiger partial charge < -0.3 is 36.4 Å². The molecule has 0 unspecified atom stereocenters. The molecule has 256 valence electrons. The van der Waals surface area contributed by atoms with Crippen LogP contribution in [0.25, 0.3) is 0 Å². The number of rotatable bonds is 18. The molecule has 0 aromatic heterocycles. The van der Waals surface area contributed by atoms with Crippen molar-refractivity contribution in [3.63, 3.8) is 0 Å². The zero-order valence-electron chi connectivity index (χ0n) is 27.7. The van der Waals surface area contributed by atoms with Gasteiger partial charge in [0, 0.05) is 32.0 Å². The molecule has 1 heterocycles. The van der Waals surface area contributed by atoms with Crippen LogP contribution in [0.5, 0.6) is 0 Å². The molecule has 1 aliphatic heterocycles. The molecular weight excluding hydrogens is 586 g/mol. The number of urea groups is 1. The summed E-state index contributed by atoms with van der Waals surface area (Å²) in [7, 11) is 0. The molecule has 0 aliphatic carbocycles. The van der Waals surface area contributed by atoms with E-state index in [1.807, 2.05) is 13.8 Å². The average molecular weight is 640 g/mol. The monoisotopic (exact) mass is 639 g/mol. The number of aliphatic carboxylic acids is 2. The summed E-state index contributed by atoms with van der Waals surface area (Å²) in [5.41, 5.74) is -0.768. The average Bonchev–Trinajstić information content (AvgIpc) is 3.47. The summed E-state index contributed by atoms with van der Waals surface area (Å²) in [5, 5.41) is 29.2. The Balaban J connectivity index is 3.29. The third kappa shape index (κ3) is 13.9. The normalized spacial score (nSPS) is 16.0. The van der Waals surface area contributed by atoms with Gasteiger partial charge in [0.25, 0.3) is 0 Å². The lowest BCUT2D eigenvalue weighted by Gasteiger charge is -2.32. The van der Waals surface area contributed by atoms with Crippen molar-refractivity contribution in [2.75, 3.05) is 13.1 Å². The lowest BCUT2D eigenvalue weighted by atomic mass is 9.81. The molecule has 1 rings (SSSR count). The molecule has 0 aromatic carbocycles. The third-order valence-corrected chi connectivity index (χ3v) is 7.82. The number of amides is 5. The molecule has 0 bridgehead atoms. The molecule has 5 amide bonds. The van der Waals surface area contributed by atoms with Crippen LogP contribution in [-0.2, 0) is 28.8 Å². The lowest BCUT2D eigenvalue weighted by molar-refractivity contribution is -0.144. The van der Waals surface area contributed by atoms with Gasteiger partial charge in [0.15, 0.2) is 5.78 Å². The fourth-order valence-electron chi connectivity index (χ4n) is 5.19. The first-order valence-electron chi connectivity index (χ1n) is 15.8.